The first-order valence-electron chi connectivity index (χ1n) is 11.1. The Kier molecular flexibility index (Phi) is 5.85. The number of fused-ring (bicyclic) bond motifs is 1. The van der Waals surface area contributed by atoms with Crippen LogP contribution < -0.4 is 16.4 Å². The van der Waals surface area contributed by atoms with E-state index in [0.717, 1.165) is 49.1 Å². The molecule has 1 aromatic carbocycles. The highest BCUT2D eigenvalue weighted by molar-refractivity contribution is 5.95. The fourth-order valence-corrected chi connectivity index (χ4v) is 4.24. The molecular weight excluding hydrogens is 459 g/mol. The molecule has 1 amide bonds. The van der Waals surface area contributed by atoms with Crippen LogP contribution in [0.15, 0.2) is 55.0 Å². The minimum Gasteiger partial charge on any atom is -0.382 e. The molecule has 0 radical (unpaired) electrons. The van der Waals surface area contributed by atoms with Gasteiger partial charge in [0.1, 0.15) is 22.9 Å². The van der Waals surface area contributed by atoms with Crippen molar-refractivity contribution in [2.24, 2.45) is 0 Å². The van der Waals surface area contributed by atoms with E-state index in [0.29, 0.717) is 22.6 Å². The zero-order valence-electron chi connectivity index (χ0n) is 18.5. The number of carbonyl (C=O) groups is 1. The summed E-state index contributed by atoms with van der Waals surface area (Å²) in [6, 6.07) is 8.72. The van der Waals surface area contributed by atoms with Gasteiger partial charge in [0.05, 0.1) is 23.8 Å². The number of alkyl halides is 3. The summed E-state index contributed by atoms with van der Waals surface area (Å²) >= 11 is 0. The molecule has 0 spiro atoms. The second-order valence-corrected chi connectivity index (χ2v) is 8.29. The van der Waals surface area contributed by atoms with Crippen LogP contribution in [0, 0.1) is 0 Å². The van der Waals surface area contributed by atoms with Crippen LogP contribution in [-0.4, -0.2) is 31.8 Å². The second-order valence-electron chi connectivity index (χ2n) is 8.29. The monoisotopic (exact) mass is 481 g/mol. The molecule has 0 aliphatic carbocycles. The van der Waals surface area contributed by atoms with Gasteiger partial charge in [0.2, 0.25) is 0 Å². The van der Waals surface area contributed by atoms with Gasteiger partial charge in [-0.15, -0.1) is 0 Å². The van der Waals surface area contributed by atoms with Crippen LogP contribution in [0.3, 0.4) is 0 Å². The predicted octanol–water partition coefficient (Wildman–Crippen LogP) is 3.75. The van der Waals surface area contributed by atoms with Gasteiger partial charge >= 0.3 is 6.18 Å². The number of nitrogens with two attached hydrogens (primary N) is 1. The Balaban J connectivity index is 1.36. The Morgan fingerprint density at radius 3 is 2.69 bits per heavy atom. The molecule has 5 rings (SSSR count). The number of rotatable bonds is 5. The lowest BCUT2D eigenvalue weighted by atomic mass is 10.1. The highest BCUT2D eigenvalue weighted by atomic mass is 19.4. The van der Waals surface area contributed by atoms with Gasteiger partial charge in [0.25, 0.3) is 5.91 Å². The number of anilines is 1. The minimum absolute atomic E-state index is 0.116. The topological polar surface area (TPSA) is 110 Å². The van der Waals surface area contributed by atoms with Gasteiger partial charge in [-0.3, -0.25) is 14.2 Å². The second kappa shape index (κ2) is 8.99. The number of aromatic nitrogens is 4. The van der Waals surface area contributed by atoms with Crippen LogP contribution >= 0.6 is 0 Å². The molecule has 1 fully saturated rings. The number of hydrogen-bond donors (Lipinski definition) is 3. The smallest absolute Gasteiger partial charge is 0.382 e. The number of amides is 1. The van der Waals surface area contributed by atoms with Gasteiger partial charge in [0.15, 0.2) is 0 Å². The van der Waals surface area contributed by atoms with Crippen molar-refractivity contribution in [3.8, 4) is 11.3 Å². The number of nitrogen functional groups attached to an aromatic ring is 1. The Morgan fingerprint density at radius 2 is 1.97 bits per heavy atom. The van der Waals surface area contributed by atoms with Crippen molar-refractivity contribution in [2.45, 2.75) is 31.6 Å². The highest BCUT2D eigenvalue weighted by Gasteiger charge is 2.30. The molecular formula is C24H22F3N7O. The molecule has 4 heterocycles. The Hall–Kier alpha value is -3.99. The van der Waals surface area contributed by atoms with E-state index in [4.69, 9.17) is 10.7 Å². The van der Waals surface area contributed by atoms with Gasteiger partial charge in [-0.25, -0.2) is 9.97 Å². The minimum atomic E-state index is -4.47. The predicted molar refractivity (Wildman–Crippen MR) is 123 cm³/mol. The van der Waals surface area contributed by atoms with Crippen molar-refractivity contribution >= 4 is 17.2 Å². The summed E-state index contributed by atoms with van der Waals surface area (Å²) < 4.78 is 40.6. The van der Waals surface area contributed by atoms with E-state index in [1.807, 2.05) is 10.6 Å². The van der Waals surface area contributed by atoms with E-state index < -0.39 is 17.6 Å². The van der Waals surface area contributed by atoms with Crippen molar-refractivity contribution in [1.82, 2.24) is 30.0 Å². The van der Waals surface area contributed by atoms with Crippen molar-refractivity contribution in [3.05, 3.63) is 77.6 Å². The largest absolute Gasteiger partial charge is 0.416 e. The molecule has 1 atom stereocenters. The number of hydrogen-bond acceptors (Lipinski definition) is 6. The average Bonchev–Trinajstić information content (AvgIpc) is 3.51. The third-order valence-electron chi connectivity index (χ3n) is 5.98. The molecule has 180 valence electrons. The van der Waals surface area contributed by atoms with E-state index in [2.05, 4.69) is 20.6 Å². The van der Waals surface area contributed by atoms with Crippen LogP contribution in [-0.2, 0) is 12.7 Å². The van der Waals surface area contributed by atoms with Gasteiger partial charge in [-0.2, -0.15) is 13.2 Å². The van der Waals surface area contributed by atoms with Crippen LogP contribution in [0.1, 0.15) is 46.3 Å². The first-order valence-corrected chi connectivity index (χ1v) is 11.1. The quantitative estimate of drug-likeness (QED) is 0.401. The van der Waals surface area contributed by atoms with Gasteiger partial charge in [-0.1, -0.05) is 12.1 Å². The maximum Gasteiger partial charge on any atom is 0.416 e. The molecule has 0 saturated carbocycles. The molecule has 3 aromatic heterocycles. The number of pyridine rings is 1. The molecule has 1 aliphatic rings. The maximum atomic E-state index is 12.9. The van der Waals surface area contributed by atoms with Crippen LogP contribution in [0.2, 0.25) is 0 Å². The summed E-state index contributed by atoms with van der Waals surface area (Å²) in [6.07, 6.45) is 2.11. The lowest BCUT2D eigenvalue weighted by Crippen LogP contribution is -2.23. The standard InChI is InChI=1S/C24H22F3N7O/c25-24(26,27)16-7-9-29-17(12-16)13-32-23(35)15-5-3-14(4-6-15)19-20-21(28)31-10-11-34(20)22(33-19)18-2-1-8-30-18/h3-7,9-12,18,30H,1-2,8,13H2,(H2,28,31)(H,32,35)/t18-/m0/s1. The molecule has 1 aliphatic heterocycles. The number of nitrogens with zero attached hydrogens (tertiary/aromatic N) is 4. The zero-order chi connectivity index (χ0) is 24.6. The lowest BCUT2D eigenvalue weighted by Gasteiger charge is -2.09. The molecule has 35 heavy (non-hydrogen) atoms. The molecule has 0 bridgehead atoms. The van der Waals surface area contributed by atoms with E-state index in [9.17, 15) is 18.0 Å². The first kappa shape index (κ1) is 22.8. The Bertz CT molecular complexity index is 1380. The van der Waals surface area contributed by atoms with Crippen LogP contribution in [0.5, 0.6) is 0 Å². The fraction of sp³-hybridized carbons (Fsp3) is 0.250. The van der Waals surface area contributed by atoms with Gasteiger partial charge in [0, 0.05) is 29.7 Å². The number of halogens is 3. The Labute approximate surface area is 198 Å². The fourth-order valence-electron chi connectivity index (χ4n) is 4.24. The van der Waals surface area contributed by atoms with E-state index in [1.165, 1.54) is 0 Å². The first-order chi connectivity index (χ1) is 16.8. The van der Waals surface area contributed by atoms with Gasteiger partial charge in [-0.05, 0) is 43.7 Å². The van der Waals surface area contributed by atoms with Gasteiger partial charge < -0.3 is 16.4 Å². The highest BCUT2D eigenvalue weighted by Crippen LogP contribution is 2.32. The molecule has 1 saturated heterocycles. The summed E-state index contributed by atoms with van der Waals surface area (Å²) in [7, 11) is 0. The zero-order valence-corrected chi connectivity index (χ0v) is 18.5. The lowest BCUT2D eigenvalue weighted by molar-refractivity contribution is -0.137. The molecule has 11 heteroatoms. The van der Waals surface area contributed by atoms with Crippen LogP contribution in [0.25, 0.3) is 16.8 Å². The van der Waals surface area contributed by atoms with Crippen LogP contribution in [0.4, 0.5) is 19.0 Å². The number of carbonyl (C=O) groups excluding carboxylic acids is 1. The summed E-state index contributed by atoms with van der Waals surface area (Å²) in [5, 5.41) is 6.05. The SMILES string of the molecule is Nc1nccn2c([C@@H]3CCCN3)nc(-c3ccc(C(=O)NCc4cc(C(F)(F)F)ccn4)cc3)c12. The summed E-state index contributed by atoms with van der Waals surface area (Å²) in [4.78, 5) is 25.5. The summed E-state index contributed by atoms with van der Waals surface area (Å²) in [5.41, 5.74) is 7.97. The summed E-state index contributed by atoms with van der Waals surface area (Å²) in [6.45, 7) is 0.797. The molecule has 4 N–H and O–H groups in total. The van der Waals surface area contributed by atoms with E-state index in [1.54, 1.807) is 30.5 Å². The molecule has 4 aromatic rings. The van der Waals surface area contributed by atoms with Crippen molar-refractivity contribution in [1.29, 1.82) is 0 Å². The third kappa shape index (κ3) is 4.54. The van der Waals surface area contributed by atoms with Crippen molar-refractivity contribution in [3.63, 3.8) is 0 Å². The molecule has 0 unspecified atom stereocenters. The van der Waals surface area contributed by atoms with Crippen molar-refractivity contribution in [2.75, 3.05) is 12.3 Å². The number of nitrogens with one attached hydrogen (secondary N) is 2. The van der Waals surface area contributed by atoms with Crippen molar-refractivity contribution < 1.29 is 18.0 Å². The summed E-state index contributed by atoms with van der Waals surface area (Å²) in [5.74, 6) is 0.786. The number of imidazole rings is 1. The van der Waals surface area contributed by atoms with E-state index in [-0.39, 0.29) is 18.3 Å². The number of benzene rings is 1. The normalized spacial score (nSPS) is 16.0. The maximum absolute atomic E-state index is 12.9. The molecule has 8 nitrogen and oxygen atoms in total. The average molecular weight is 481 g/mol. The third-order valence-corrected chi connectivity index (χ3v) is 5.98. The Morgan fingerprint density at radius 1 is 1.17 bits per heavy atom. The van der Waals surface area contributed by atoms with E-state index >= 15 is 0 Å².